The summed E-state index contributed by atoms with van der Waals surface area (Å²) in [6.07, 6.45) is -2.14. The highest BCUT2D eigenvalue weighted by molar-refractivity contribution is 8.00. The molecule has 31 heavy (non-hydrogen) atoms. The Morgan fingerprint density at radius 1 is 1.26 bits per heavy atom. The number of benzene rings is 1. The second-order valence-electron chi connectivity index (χ2n) is 8.07. The fraction of sp³-hybridized carbons (Fsp3) is 0.409. The quantitative estimate of drug-likeness (QED) is 0.492. The molecule has 1 atom stereocenters. The molecular formula is C22H23F3N4OS. The molecule has 0 saturated carbocycles. The smallest absolute Gasteiger partial charge is 0.307 e. The summed E-state index contributed by atoms with van der Waals surface area (Å²) >= 11 is 1.49. The van der Waals surface area contributed by atoms with E-state index in [1.54, 1.807) is 23.9 Å². The van der Waals surface area contributed by atoms with E-state index in [0.717, 1.165) is 17.5 Å². The molecule has 3 heterocycles. The molecule has 4 rings (SSSR count). The van der Waals surface area contributed by atoms with Crippen molar-refractivity contribution >= 4 is 34.4 Å². The van der Waals surface area contributed by atoms with E-state index in [2.05, 4.69) is 10.1 Å². The number of halogens is 3. The van der Waals surface area contributed by atoms with Gasteiger partial charge >= 0.3 is 6.18 Å². The fourth-order valence-electron chi connectivity index (χ4n) is 3.73. The molecule has 1 amide bonds. The van der Waals surface area contributed by atoms with Crippen molar-refractivity contribution < 1.29 is 18.0 Å². The van der Waals surface area contributed by atoms with E-state index in [9.17, 15) is 18.0 Å². The van der Waals surface area contributed by atoms with Crippen LogP contribution in [0.25, 0.3) is 11.0 Å². The number of nitrogens with zero attached hydrogens (tertiary/aromatic N) is 4. The molecule has 3 aromatic rings. The van der Waals surface area contributed by atoms with Gasteiger partial charge < -0.3 is 4.90 Å². The van der Waals surface area contributed by atoms with Gasteiger partial charge in [-0.05, 0) is 51.5 Å². The molecule has 0 N–H and O–H groups in total. The Balaban J connectivity index is 1.81. The number of amides is 1. The monoisotopic (exact) mass is 448 g/mol. The minimum absolute atomic E-state index is 0.114. The highest BCUT2D eigenvalue weighted by Crippen LogP contribution is 2.41. The second-order valence-corrected chi connectivity index (χ2v) is 9.55. The first-order chi connectivity index (χ1) is 14.6. The van der Waals surface area contributed by atoms with E-state index in [-0.39, 0.29) is 17.2 Å². The summed E-state index contributed by atoms with van der Waals surface area (Å²) in [5, 5.41) is 5.26. The van der Waals surface area contributed by atoms with E-state index >= 15 is 0 Å². The first kappa shape index (κ1) is 21.7. The maximum atomic E-state index is 13.6. The Labute approximate surface area is 182 Å². The summed E-state index contributed by atoms with van der Waals surface area (Å²) in [6.45, 7) is 8.08. The summed E-state index contributed by atoms with van der Waals surface area (Å²) in [5.41, 5.74) is 1.12. The maximum Gasteiger partial charge on any atom is 0.416 e. The molecule has 0 spiro atoms. The van der Waals surface area contributed by atoms with Crippen molar-refractivity contribution in [1.82, 2.24) is 14.8 Å². The van der Waals surface area contributed by atoms with Gasteiger partial charge in [0, 0.05) is 28.1 Å². The van der Waals surface area contributed by atoms with Crippen molar-refractivity contribution in [2.75, 3.05) is 11.4 Å². The Bertz CT molecular complexity index is 1160. The largest absolute Gasteiger partial charge is 0.416 e. The molecule has 5 nitrogen and oxygen atoms in total. The van der Waals surface area contributed by atoms with Gasteiger partial charge in [-0.3, -0.25) is 4.79 Å². The SMILES string of the molecule is Cc1nc2c(cnn2C(C)C)cc1C(=O)N1CCC(C)Sc2ccc(C(F)(F)F)cc21. The number of carbonyl (C=O) groups is 1. The van der Waals surface area contributed by atoms with Crippen LogP contribution in [-0.2, 0) is 6.18 Å². The molecule has 1 aliphatic rings. The van der Waals surface area contributed by atoms with Crippen LogP contribution in [0.3, 0.4) is 0 Å². The standard InChI is InChI=1S/C22H23F3N4OS/c1-12(2)29-20-15(11-26-29)9-17(14(4)27-20)21(30)28-8-7-13(3)31-19-6-5-16(10-18(19)28)22(23,24)25/h5-6,9-13H,7-8H2,1-4H3. The van der Waals surface area contributed by atoms with Crippen LogP contribution in [-0.4, -0.2) is 32.5 Å². The van der Waals surface area contributed by atoms with Crippen LogP contribution < -0.4 is 4.90 Å². The third kappa shape index (κ3) is 4.03. The summed E-state index contributed by atoms with van der Waals surface area (Å²) in [6, 6.07) is 5.47. The van der Waals surface area contributed by atoms with Gasteiger partial charge in [-0.2, -0.15) is 18.3 Å². The lowest BCUT2D eigenvalue weighted by atomic mass is 10.1. The summed E-state index contributed by atoms with van der Waals surface area (Å²) < 4.78 is 41.9. The normalized spacial score (nSPS) is 17.2. The fourth-order valence-corrected chi connectivity index (χ4v) is 4.82. The Hall–Kier alpha value is -2.55. The number of aromatic nitrogens is 3. The predicted molar refractivity (Wildman–Crippen MR) is 116 cm³/mol. The minimum atomic E-state index is -4.48. The van der Waals surface area contributed by atoms with Gasteiger partial charge in [-0.25, -0.2) is 9.67 Å². The highest BCUT2D eigenvalue weighted by Gasteiger charge is 2.34. The zero-order valence-corrected chi connectivity index (χ0v) is 18.5. The van der Waals surface area contributed by atoms with Gasteiger partial charge in [0.15, 0.2) is 5.65 Å². The van der Waals surface area contributed by atoms with Crippen molar-refractivity contribution in [2.24, 2.45) is 0 Å². The van der Waals surface area contributed by atoms with Gasteiger partial charge in [-0.1, -0.05) is 6.92 Å². The molecule has 1 unspecified atom stereocenters. The van der Waals surface area contributed by atoms with E-state index in [1.165, 1.54) is 22.7 Å². The summed E-state index contributed by atoms with van der Waals surface area (Å²) in [5.74, 6) is -0.348. The first-order valence-corrected chi connectivity index (χ1v) is 11.0. The summed E-state index contributed by atoms with van der Waals surface area (Å²) in [4.78, 5) is 20.3. The molecule has 1 aliphatic heterocycles. The third-order valence-electron chi connectivity index (χ3n) is 5.39. The van der Waals surface area contributed by atoms with Crippen molar-refractivity contribution in [1.29, 1.82) is 0 Å². The molecule has 1 aromatic carbocycles. The van der Waals surface area contributed by atoms with Crippen molar-refractivity contribution in [3.05, 3.63) is 47.3 Å². The number of hydrogen-bond acceptors (Lipinski definition) is 4. The Morgan fingerprint density at radius 2 is 2.00 bits per heavy atom. The average molecular weight is 449 g/mol. The molecule has 0 fully saturated rings. The molecule has 9 heteroatoms. The molecule has 2 aromatic heterocycles. The van der Waals surface area contributed by atoms with Crippen molar-refractivity contribution in [3.63, 3.8) is 0 Å². The van der Waals surface area contributed by atoms with Crippen LogP contribution in [0.15, 0.2) is 35.4 Å². The third-order valence-corrected chi connectivity index (χ3v) is 6.63. The van der Waals surface area contributed by atoms with Crippen LogP contribution in [0, 0.1) is 6.92 Å². The zero-order chi connectivity index (χ0) is 22.5. The Morgan fingerprint density at radius 3 is 2.68 bits per heavy atom. The van der Waals surface area contributed by atoms with Gasteiger partial charge in [0.25, 0.3) is 5.91 Å². The number of thioether (sulfide) groups is 1. The zero-order valence-electron chi connectivity index (χ0n) is 17.7. The van der Waals surface area contributed by atoms with Gasteiger partial charge in [-0.15, -0.1) is 11.8 Å². The lowest BCUT2D eigenvalue weighted by Gasteiger charge is -2.24. The van der Waals surface area contributed by atoms with E-state index in [1.807, 2.05) is 20.8 Å². The number of aryl methyl sites for hydroxylation is 1. The average Bonchev–Trinajstić information content (AvgIpc) is 3.02. The number of alkyl halides is 3. The number of rotatable bonds is 2. The van der Waals surface area contributed by atoms with E-state index in [0.29, 0.717) is 40.5 Å². The first-order valence-electron chi connectivity index (χ1n) is 10.1. The topological polar surface area (TPSA) is 51.0 Å². The van der Waals surface area contributed by atoms with Gasteiger partial charge in [0.05, 0.1) is 28.7 Å². The van der Waals surface area contributed by atoms with E-state index < -0.39 is 11.7 Å². The number of pyridine rings is 1. The Kier molecular flexibility index (Phi) is 5.49. The van der Waals surface area contributed by atoms with E-state index in [4.69, 9.17) is 0 Å². The molecule has 0 saturated heterocycles. The van der Waals surface area contributed by atoms with Gasteiger partial charge in [0.2, 0.25) is 0 Å². The maximum absolute atomic E-state index is 13.6. The molecule has 0 radical (unpaired) electrons. The lowest BCUT2D eigenvalue weighted by molar-refractivity contribution is -0.137. The predicted octanol–water partition coefficient (Wildman–Crippen LogP) is 5.87. The van der Waals surface area contributed by atoms with Crippen LogP contribution in [0.5, 0.6) is 0 Å². The summed E-state index contributed by atoms with van der Waals surface area (Å²) in [7, 11) is 0. The molecule has 0 bridgehead atoms. The number of carbonyl (C=O) groups excluding carboxylic acids is 1. The van der Waals surface area contributed by atoms with Crippen LogP contribution in [0.1, 0.15) is 54.8 Å². The molecule has 164 valence electrons. The van der Waals surface area contributed by atoms with Crippen molar-refractivity contribution in [2.45, 2.75) is 56.5 Å². The van der Waals surface area contributed by atoms with Gasteiger partial charge in [0.1, 0.15) is 0 Å². The molecular weight excluding hydrogens is 425 g/mol. The number of hydrogen-bond donors (Lipinski definition) is 0. The minimum Gasteiger partial charge on any atom is -0.307 e. The highest BCUT2D eigenvalue weighted by atomic mass is 32.2. The number of anilines is 1. The van der Waals surface area contributed by atoms with Crippen LogP contribution in [0.2, 0.25) is 0 Å². The van der Waals surface area contributed by atoms with Crippen LogP contribution in [0.4, 0.5) is 18.9 Å². The lowest BCUT2D eigenvalue weighted by Crippen LogP contribution is -2.33. The van der Waals surface area contributed by atoms with Crippen LogP contribution >= 0.6 is 11.8 Å². The second kappa shape index (κ2) is 7.85. The number of fused-ring (bicyclic) bond motifs is 2. The molecule has 0 aliphatic carbocycles. The van der Waals surface area contributed by atoms with Crippen molar-refractivity contribution in [3.8, 4) is 0 Å².